The number of aromatic amines is 1. The minimum absolute atomic E-state index is 0.148. The second-order valence-electron chi connectivity index (χ2n) is 4.90. The minimum atomic E-state index is -0.762. The molecule has 24 heavy (non-hydrogen) atoms. The number of hydrogen-bond acceptors (Lipinski definition) is 5. The van der Waals surface area contributed by atoms with Crippen LogP contribution in [0.4, 0.5) is 5.95 Å². The quantitative estimate of drug-likeness (QED) is 0.743. The molecule has 2 aromatic heterocycles. The molecule has 3 aromatic rings. The molecule has 2 heterocycles. The highest BCUT2D eigenvalue weighted by Gasteiger charge is 2.18. The van der Waals surface area contributed by atoms with E-state index < -0.39 is 6.10 Å². The molecule has 0 bridgehead atoms. The zero-order valence-corrected chi connectivity index (χ0v) is 13.5. The molecule has 1 amide bonds. The molecule has 122 valence electrons. The molecule has 0 saturated heterocycles. The van der Waals surface area contributed by atoms with Gasteiger partial charge in [0.2, 0.25) is 5.95 Å². The van der Waals surface area contributed by atoms with Gasteiger partial charge < -0.3 is 4.74 Å². The molecular weight excluding hydrogens is 330 g/mol. The summed E-state index contributed by atoms with van der Waals surface area (Å²) in [5.74, 6) is 0.660. The number of carbonyl (C=O) groups is 1. The van der Waals surface area contributed by atoms with Crippen LogP contribution in [-0.2, 0) is 4.79 Å². The average Bonchev–Trinajstić information content (AvgIpc) is 3.06. The van der Waals surface area contributed by atoms with Gasteiger partial charge in [-0.25, -0.2) is 0 Å². The molecule has 0 radical (unpaired) electrons. The van der Waals surface area contributed by atoms with Crippen LogP contribution in [0.25, 0.3) is 11.5 Å². The number of benzene rings is 1. The first-order chi connectivity index (χ1) is 11.6. The minimum Gasteiger partial charge on any atom is -0.479 e. The van der Waals surface area contributed by atoms with E-state index in [0.29, 0.717) is 22.3 Å². The smallest absolute Gasteiger partial charge is 0.267 e. The lowest BCUT2D eigenvalue weighted by molar-refractivity contribution is -0.122. The molecule has 8 heteroatoms. The van der Waals surface area contributed by atoms with Gasteiger partial charge in [0.1, 0.15) is 11.4 Å². The number of halogens is 1. The Balaban J connectivity index is 1.65. The van der Waals surface area contributed by atoms with E-state index in [2.05, 4.69) is 25.5 Å². The maximum absolute atomic E-state index is 12.2. The zero-order valence-electron chi connectivity index (χ0n) is 12.7. The topological polar surface area (TPSA) is 92.8 Å². The van der Waals surface area contributed by atoms with Crippen molar-refractivity contribution in [1.82, 2.24) is 20.2 Å². The van der Waals surface area contributed by atoms with E-state index in [0.717, 1.165) is 0 Å². The third kappa shape index (κ3) is 3.69. The van der Waals surface area contributed by atoms with Crippen LogP contribution in [0.15, 0.2) is 48.7 Å². The van der Waals surface area contributed by atoms with E-state index in [1.165, 1.54) is 0 Å². The van der Waals surface area contributed by atoms with Gasteiger partial charge in [0.05, 0.1) is 5.02 Å². The fourth-order valence-corrected chi connectivity index (χ4v) is 2.11. The summed E-state index contributed by atoms with van der Waals surface area (Å²) in [5, 5.41) is 9.70. The van der Waals surface area contributed by atoms with Crippen molar-refractivity contribution in [2.75, 3.05) is 5.32 Å². The van der Waals surface area contributed by atoms with Gasteiger partial charge in [0.15, 0.2) is 11.9 Å². The second-order valence-corrected chi connectivity index (χ2v) is 5.31. The molecule has 0 aliphatic heterocycles. The lowest BCUT2D eigenvalue weighted by atomic mass is 10.3. The van der Waals surface area contributed by atoms with Crippen LogP contribution < -0.4 is 10.1 Å². The predicted octanol–water partition coefficient (Wildman–Crippen LogP) is 2.93. The summed E-state index contributed by atoms with van der Waals surface area (Å²) in [5.41, 5.74) is 0.630. The molecule has 0 aliphatic carbocycles. The van der Waals surface area contributed by atoms with Gasteiger partial charge in [-0.15, -0.1) is 5.10 Å². The predicted molar refractivity (Wildman–Crippen MR) is 89.8 cm³/mol. The maximum Gasteiger partial charge on any atom is 0.267 e. The SMILES string of the molecule is C[C@H](Oc1ccccc1Cl)C(=O)Nc1n[nH]c(-c2ccccn2)n1. The van der Waals surface area contributed by atoms with Crippen LogP contribution in [0.3, 0.4) is 0 Å². The van der Waals surface area contributed by atoms with Gasteiger partial charge >= 0.3 is 0 Å². The van der Waals surface area contributed by atoms with Crippen LogP contribution >= 0.6 is 11.6 Å². The summed E-state index contributed by atoms with van der Waals surface area (Å²) < 4.78 is 5.55. The molecule has 1 atom stereocenters. The number of aromatic nitrogens is 4. The van der Waals surface area contributed by atoms with E-state index in [1.807, 2.05) is 6.07 Å². The largest absolute Gasteiger partial charge is 0.479 e. The van der Waals surface area contributed by atoms with Crippen molar-refractivity contribution in [3.63, 3.8) is 0 Å². The van der Waals surface area contributed by atoms with Gasteiger partial charge in [-0.2, -0.15) is 4.98 Å². The molecule has 1 aromatic carbocycles. The number of nitrogens with one attached hydrogen (secondary N) is 2. The first-order valence-corrected chi connectivity index (χ1v) is 7.57. The summed E-state index contributed by atoms with van der Waals surface area (Å²) in [6.45, 7) is 1.62. The summed E-state index contributed by atoms with van der Waals surface area (Å²) in [6, 6.07) is 12.4. The number of hydrogen-bond donors (Lipinski definition) is 2. The summed E-state index contributed by atoms with van der Waals surface area (Å²) in [7, 11) is 0. The molecule has 0 fully saturated rings. The lowest BCUT2D eigenvalue weighted by Crippen LogP contribution is -2.30. The fraction of sp³-hybridized carbons (Fsp3) is 0.125. The molecule has 2 N–H and O–H groups in total. The highest BCUT2D eigenvalue weighted by molar-refractivity contribution is 6.32. The molecule has 0 aliphatic rings. The summed E-state index contributed by atoms with van der Waals surface area (Å²) in [6.07, 6.45) is 0.886. The highest BCUT2D eigenvalue weighted by atomic mass is 35.5. The number of nitrogens with zero attached hydrogens (tertiary/aromatic N) is 3. The number of anilines is 1. The van der Waals surface area contributed by atoms with Crippen molar-refractivity contribution >= 4 is 23.5 Å². The van der Waals surface area contributed by atoms with Crippen molar-refractivity contribution in [2.24, 2.45) is 0 Å². The van der Waals surface area contributed by atoms with Crippen molar-refractivity contribution in [1.29, 1.82) is 0 Å². The van der Waals surface area contributed by atoms with Crippen molar-refractivity contribution in [3.8, 4) is 17.3 Å². The number of ether oxygens (including phenoxy) is 1. The zero-order chi connectivity index (χ0) is 16.9. The normalized spacial score (nSPS) is 11.8. The highest BCUT2D eigenvalue weighted by Crippen LogP contribution is 2.24. The fourth-order valence-electron chi connectivity index (χ4n) is 1.93. The number of carbonyl (C=O) groups excluding carboxylic acids is 1. The molecule has 0 spiro atoms. The van der Waals surface area contributed by atoms with Gasteiger partial charge in [-0.1, -0.05) is 29.8 Å². The van der Waals surface area contributed by atoms with Crippen LogP contribution in [0.2, 0.25) is 5.02 Å². The number of amides is 1. The Labute approximate surface area is 143 Å². The summed E-state index contributed by atoms with van der Waals surface area (Å²) in [4.78, 5) is 20.5. The third-order valence-electron chi connectivity index (χ3n) is 3.14. The van der Waals surface area contributed by atoms with Crippen molar-refractivity contribution < 1.29 is 9.53 Å². The standard InChI is InChI=1S/C16H14ClN5O2/c1-10(24-13-8-3-2-6-11(13)17)15(23)20-16-19-14(21-22-16)12-7-4-5-9-18-12/h2-10H,1H3,(H2,19,20,21,22,23)/t10-/m0/s1. The Bertz CT molecular complexity index is 837. The van der Waals surface area contributed by atoms with Crippen LogP contribution in [0, 0.1) is 0 Å². The van der Waals surface area contributed by atoms with Crippen LogP contribution in [0.5, 0.6) is 5.75 Å². The van der Waals surface area contributed by atoms with Crippen LogP contribution in [0.1, 0.15) is 6.92 Å². The lowest BCUT2D eigenvalue weighted by Gasteiger charge is -2.14. The van der Waals surface area contributed by atoms with E-state index in [1.54, 1.807) is 49.5 Å². The van der Waals surface area contributed by atoms with Gasteiger partial charge in [0.25, 0.3) is 5.91 Å². The first kappa shape index (κ1) is 15.9. The number of pyridine rings is 1. The number of rotatable bonds is 5. The average molecular weight is 344 g/mol. The van der Waals surface area contributed by atoms with Gasteiger partial charge in [0, 0.05) is 6.20 Å². The Morgan fingerprint density at radius 3 is 2.79 bits per heavy atom. The van der Waals surface area contributed by atoms with E-state index in [-0.39, 0.29) is 11.9 Å². The molecule has 3 rings (SSSR count). The number of H-pyrrole nitrogens is 1. The number of para-hydroxylation sites is 1. The van der Waals surface area contributed by atoms with Crippen molar-refractivity contribution in [3.05, 3.63) is 53.7 Å². The Morgan fingerprint density at radius 2 is 2.04 bits per heavy atom. The van der Waals surface area contributed by atoms with E-state index in [4.69, 9.17) is 16.3 Å². The van der Waals surface area contributed by atoms with Gasteiger partial charge in [-0.3, -0.25) is 20.2 Å². The summed E-state index contributed by atoms with van der Waals surface area (Å²) >= 11 is 6.01. The van der Waals surface area contributed by atoms with Crippen molar-refractivity contribution in [2.45, 2.75) is 13.0 Å². The van der Waals surface area contributed by atoms with E-state index >= 15 is 0 Å². The Morgan fingerprint density at radius 1 is 1.25 bits per heavy atom. The first-order valence-electron chi connectivity index (χ1n) is 7.19. The monoisotopic (exact) mass is 343 g/mol. The molecule has 7 nitrogen and oxygen atoms in total. The van der Waals surface area contributed by atoms with Crippen LogP contribution in [-0.4, -0.2) is 32.2 Å². The van der Waals surface area contributed by atoms with E-state index in [9.17, 15) is 4.79 Å². The molecule has 0 unspecified atom stereocenters. The molecular formula is C16H14ClN5O2. The Kier molecular flexibility index (Phi) is 4.72. The third-order valence-corrected chi connectivity index (χ3v) is 3.45. The molecule has 0 saturated carbocycles. The maximum atomic E-state index is 12.2. The second kappa shape index (κ2) is 7.10. The Hall–Kier alpha value is -2.93. The van der Waals surface area contributed by atoms with Gasteiger partial charge in [-0.05, 0) is 31.2 Å².